The van der Waals surface area contributed by atoms with Crippen molar-refractivity contribution in [3.05, 3.63) is 77.7 Å². The molecule has 0 spiro atoms. The van der Waals surface area contributed by atoms with Gasteiger partial charge in [0.15, 0.2) is 7.14 Å². The first kappa shape index (κ1) is 18.9. The Labute approximate surface area is 176 Å². The van der Waals surface area contributed by atoms with E-state index in [0.29, 0.717) is 0 Å². The second kappa shape index (κ2) is 7.59. The van der Waals surface area contributed by atoms with E-state index in [1.165, 1.54) is 52.5 Å². The van der Waals surface area contributed by atoms with Crippen molar-refractivity contribution < 1.29 is 4.57 Å². The van der Waals surface area contributed by atoms with E-state index in [2.05, 4.69) is 49.4 Å². The zero-order valence-corrected chi connectivity index (χ0v) is 18.4. The summed E-state index contributed by atoms with van der Waals surface area (Å²) in [6.45, 7) is 2.25. The molecule has 4 aromatic rings. The van der Waals surface area contributed by atoms with E-state index in [1.54, 1.807) is 11.3 Å². The van der Waals surface area contributed by atoms with Crippen LogP contribution in [-0.2, 0) is 11.0 Å². The van der Waals surface area contributed by atoms with Gasteiger partial charge in [-0.3, -0.25) is 0 Å². The fraction of sp³-hybridized carbons (Fsp3) is 0.231. The normalized spacial score (nSPS) is 17.4. The maximum Gasteiger partial charge on any atom is 0.181 e. The first-order valence-electron chi connectivity index (χ1n) is 10.5. The fourth-order valence-electron chi connectivity index (χ4n) is 4.52. The summed E-state index contributed by atoms with van der Waals surface area (Å²) in [7, 11) is -2.87. The van der Waals surface area contributed by atoms with Gasteiger partial charge >= 0.3 is 0 Å². The first-order valence-corrected chi connectivity index (χ1v) is 13.1. The molecule has 1 aromatic heterocycles. The van der Waals surface area contributed by atoms with Gasteiger partial charge in [-0.15, -0.1) is 11.3 Å². The Morgan fingerprint density at radius 1 is 0.828 bits per heavy atom. The van der Waals surface area contributed by atoms with Crippen LogP contribution < -0.4 is 15.2 Å². The molecule has 146 valence electrons. The van der Waals surface area contributed by atoms with Crippen molar-refractivity contribution in [2.45, 2.75) is 39.0 Å². The second-order valence-corrected chi connectivity index (χ2v) is 12.0. The smallest absolute Gasteiger partial charge is 0.181 e. The van der Waals surface area contributed by atoms with E-state index in [4.69, 9.17) is 0 Å². The summed E-state index contributed by atoms with van der Waals surface area (Å²) >= 11 is 1.78. The van der Waals surface area contributed by atoms with E-state index in [1.807, 2.05) is 30.3 Å². The highest BCUT2D eigenvalue weighted by atomic mass is 32.1. The third kappa shape index (κ3) is 3.01. The Balaban J connectivity index is 1.74. The minimum absolute atomic E-state index is 0.947. The number of fused-ring (bicyclic) bond motifs is 2. The van der Waals surface area contributed by atoms with Gasteiger partial charge in [0.2, 0.25) is 0 Å². The molecule has 0 N–H and O–H groups in total. The van der Waals surface area contributed by atoms with Crippen LogP contribution in [0.4, 0.5) is 0 Å². The molecule has 3 aromatic carbocycles. The summed E-state index contributed by atoms with van der Waals surface area (Å²) in [6, 6.07) is 25.2. The monoisotopic (exact) mass is 416 g/mol. The lowest BCUT2D eigenvalue weighted by molar-refractivity contribution is 0.593. The van der Waals surface area contributed by atoms with Crippen LogP contribution in [0, 0.1) is 0 Å². The van der Waals surface area contributed by atoms with Gasteiger partial charge in [-0.2, -0.15) is 0 Å². The average molecular weight is 417 g/mol. The molecular weight excluding hydrogens is 391 g/mol. The van der Waals surface area contributed by atoms with Crippen LogP contribution in [0.25, 0.3) is 21.9 Å². The number of thiophene rings is 1. The molecule has 0 amide bonds. The molecule has 29 heavy (non-hydrogen) atoms. The molecule has 3 heteroatoms. The Bertz CT molecular complexity index is 1220. The van der Waals surface area contributed by atoms with E-state index < -0.39 is 7.14 Å². The molecule has 0 radical (unpaired) electrons. The van der Waals surface area contributed by atoms with Gasteiger partial charge in [-0.1, -0.05) is 92.9 Å². The van der Waals surface area contributed by atoms with Crippen LogP contribution in [0.3, 0.4) is 0 Å². The summed E-state index contributed by atoms with van der Waals surface area (Å²) in [4.78, 5) is 1.37. The van der Waals surface area contributed by atoms with Crippen LogP contribution in [0.15, 0.2) is 72.8 Å². The molecule has 0 bridgehead atoms. The van der Waals surface area contributed by atoms with Crippen LogP contribution in [0.1, 0.15) is 37.5 Å². The van der Waals surface area contributed by atoms with Crippen molar-refractivity contribution in [3.8, 4) is 11.1 Å². The second-order valence-electron chi connectivity index (χ2n) is 7.87. The Kier molecular flexibility index (Phi) is 4.94. The van der Waals surface area contributed by atoms with Crippen molar-refractivity contribution in [3.63, 3.8) is 0 Å². The minimum Gasteiger partial charge on any atom is -0.308 e. The third-order valence-electron chi connectivity index (χ3n) is 5.96. The molecule has 1 aliphatic rings. The molecule has 1 unspecified atom stereocenters. The van der Waals surface area contributed by atoms with E-state index >= 15 is 0 Å². The summed E-state index contributed by atoms with van der Waals surface area (Å²) in [5.74, 6) is 0. The van der Waals surface area contributed by atoms with Crippen LogP contribution >= 0.6 is 18.5 Å². The van der Waals surface area contributed by atoms with Gasteiger partial charge in [0.25, 0.3) is 0 Å². The molecule has 5 rings (SSSR count). The van der Waals surface area contributed by atoms with Crippen molar-refractivity contribution in [1.29, 1.82) is 0 Å². The van der Waals surface area contributed by atoms with Gasteiger partial charge < -0.3 is 4.57 Å². The highest BCUT2D eigenvalue weighted by Gasteiger charge is 2.39. The topological polar surface area (TPSA) is 17.1 Å². The van der Waals surface area contributed by atoms with E-state index in [0.717, 1.165) is 21.6 Å². The van der Waals surface area contributed by atoms with Gasteiger partial charge in [-0.25, -0.2) is 0 Å². The van der Waals surface area contributed by atoms with Gasteiger partial charge in [-0.05, 0) is 29.9 Å². The summed E-state index contributed by atoms with van der Waals surface area (Å²) in [5.41, 5.74) is 2.43. The Hall–Kier alpha value is -2.15. The Morgan fingerprint density at radius 3 is 2.41 bits per heavy atom. The predicted octanol–water partition coefficient (Wildman–Crippen LogP) is 6.64. The molecule has 0 saturated carbocycles. The van der Waals surface area contributed by atoms with Gasteiger partial charge in [0, 0.05) is 26.4 Å². The number of aryl methyl sites for hydroxylation is 1. The SMILES string of the molecule is CCCCCCc1cc2c(s1)P(=O)(c1ccccc1)c1cccc3cccc-2c13. The molecule has 1 aliphatic heterocycles. The van der Waals surface area contributed by atoms with Crippen LogP contribution in [0.5, 0.6) is 0 Å². The number of unbranched alkanes of at least 4 members (excludes halogenated alkanes) is 3. The molecular formula is C26H25OPS. The van der Waals surface area contributed by atoms with Crippen molar-refractivity contribution >= 4 is 44.5 Å². The first-order chi connectivity index (χ1) is 14.2. The predicted molar refractivity (Wildman–Crippen MR) is 128 cm³/mol. The van der Waals surface area contributed by atoms with E-state index in [9.17, 15) is 4.57 Å². The van der Waals surface area contributed by atoms with E-state index in [-0.39, 0.29) is 0 Å². The Morgan fingerprint density at radius 2 is 1.62 bits per heavy atom. The lowest BCUT2D eigenvalue weighted by Gasteiger charge is -2.27. The number of hydrogen-bond acceptors (Lipinski definition) is 2. The molecule has 0 fully saturated rings. The lowest BCUT2D eigenvalue weighted by atomic mass is 9.99. The molecule has 0 saturated heterocycles. The largest absolute Gasteiger partial charge is 0.308 e. The number of rotatable bonds is 6. The molecule has 0 aliphatic carbocycles. The zero-order valence-electron chi connectivity index (χ0n) is 16.7. The maximum absolute atomic E-state index is 14.9. The van der Waals surface area contributed by atoms with Crippen LogP contribution in [-0.4, -0.2) is 0 Å². The number of benzene rings is 3. The highest BCUT2D eigenvalue weighted by molar-refractivity contribution is 7.90. The van der Waals surface area contributed by atoms with Crippen molar-refractivity contribution in [2.24, 2.45) is 0 Å². The number of hydrogen-bond donors (Lipinski definition) is 0. The average Bonchev–Trinajstić information content (AvgIpc) is 3.21. The van der Waals surface area contributed by atoms with Crippen LogP contribution in [0.2, 0.25) is 0 Å². The van der Waals surface area contributed by atoms with Crippen molar-refractivity contribution in [2.75, 3.05) is 0 Å². The minimum atomic E-state index is -2.87. The quantitative estimate of drug-likeness (QED) is 0.224. The molecule has 1 nitrogen and oxygen atoms in total. The third-order valence-corrected chi connectivity index (χ3v) is 10.9. The zero-order chi connectivity index (χ0) is 19.8. The standard InChI is InChI=1S/C26H25OPS/c1-2-3-4-8-15-21-18-23-22-16-9-11-19-12-10-17-24(25(19)22)28(27,26(23)29-21)20-13-6-5-7-14-20/h5-7,9-14,16-18H,2-4,8,15H2,1H3. The molecule has 2 heterocycles. The highest BCUT2D eigenvalue weighted by Crippen LogP contribution is 2.53. The molecule has 1 atom stereocenters. The lowest BCUT2D eigenvalue weighted by Crippen LogP contribution is -2.28. The van der Waals surface area contributed by atoms with Gasteiger partial charge in [0.05, 0.1) is 4.62 Å². The van der Waals surface area contributed by atoms with Crippen molar-refractivity contribution in [1.82, 2.24) is 0 Å². The fourth-order valence-corrected chi connectivity index (χ4v) is 9.65. The summed E-state index contributed by atoms with van der Waals surface area (Å²) in [5, 5.41) is 4.30. The van der Waals surface area contributed by atoms with Gasteiger partial charge in [0.1, 0.15) is 0 Å². The summed E-state index contributed by atoms with van der Waals surface area (Å²) in [6.07, 6.45) is 6.10. The maximum atomic E-state index is 14.9. The summed E-state index contributed by atoms with van der Waals surface area (Å²) < 4.78 is 15.9.